The van der Waals surface area contributed by atoms with Gasteiger partial charge in [-0.15, -0.1) is 0 Å². The average molecular weight is 282 g/mol. The molecule has 3 rings (SSSR count). The molecular weight excluding hydrogens is 267 g/mol. The van der Waals surface area contributed by atoms with Gasteiger partial charge in [0.2, 0.25) is 0 Å². The lowest BCUT2D eigenvalue weighted by molar-refractivity contribution is 0.246. The molecule has 0 aromatic heterocycles. The number of nitrogens with zero attached hydrogens (tertiary/aromatic N) is 1. The van der Waals surface area contributed by atoms with Gasteiger partial charge in [0.05, 0.1) is 23.9 Å². The van der Waals surface area contributed by atoms with Crippen molar-refractivity contribution in [3.05, 3.63) is 58.9 Å². The lowest BCUT2D eigenvalue weighted by Gasteiger charge is -2.13. The molecule has 1 atom stereocenters. The number of anilines is 1. The molecule has 4 heteroatoms. The summed E-state index contributed by atoms with van der Waals surface area (Å²) in [6.07, 6.45) is 0.818. The summed E-state index contributed by atoms with van der Waals surface area (Å²) < 4.78 is 19.6. The van der Waals surface area contributed by atoms with Crippen LogP contribution in [0.5, 0.6) is 5.75 Å². The molecule has 0 saturated heterocycles. The molecule has 2 aromatic rings. The third kappa shape index (κ3) is 2.82. The molecule has 1 heterocycles. The second kappa shape index (κ2) is 5.45. The minimum Gasteiger partial charge on any atom is -0.488 e. The summed E-state index contributed by atoms with van der Waals surface area (Å²) in [7, 11) is 0. The van der Waals surface area contributed by atoms with Crippen LogP contribution >= 0.6 is 0 Å². The van der Waals surface area contributed by atoms with Crippen LogP contribution in [0, 0.1) is 24.1 Å². The van der Waals surface area contributed by atoms with E-state index in [0.717, 1.165) is 12.2 Å². The van der Waals surface area contributed by atoms with E-state index in [-0.39, 0.29) is 6.10 Å². The second-order valence-electron chi connectivity index (χ2n) is 5.24. The number of hydrogen-bond donors (Lipinski definition) is 1. The largest absolute Gasteiger partial charge is 0.488 e. The average Bonchev–Trinajstić information content (AvgIpc) is 2.87. The number of hydrogen-bond acceptors (Lipinski definition) is 3. The van der Waals surface area contributed by atoms with E-state index < -0.39 is 5.82 Å². The van der Waals surface area contributed by atoms with Gasteiger partial charge in [-0.1, -0.05) is 17.7 Å². The maximum atomic E-state index is 13.8. The van der Waals surface area contributed by atoms with Crippen molar-refractivity contribution in [1.82, 2.24) is 0 Å². The lowest BCUT2D eigenvalue weighted by atomic mass is 10.1. The molecule has 21 heavy (non-hydrogen) atoms. The fourth-order valence-electron chi connectivity index (χ4n) is 2.51. The molecule has 0 bridgehead atoms. The van der Waals surface area contributed by atoms with Gasteiger partial charge in [-0.3, -0.25) is 0 Å². The Bertz CT molecular complexity index is 721. The van der Waals surface area contributed by atoms with E-state index in [1.54, 1.807) is 12.1 Å². The van der Waals surface area contributed by atoms with Gasteiger partial charge in [-0.05, 0) is 36.8 Å². The highest BCUT2D eigenvalue weighted by atomic mass is 19.1. The van der Waals surface area contributed by atoms with Gasteiger partial charge in [0.15, 0.2) is 0 Å². The first kappa shape index (κ1) is 13.4. The summed E-state index contributed by atoms with van der Waals surface area (Å²) in [5.74, 6) is 0.494. The zero-order chi connectivity index (χ0) is 14.8. The normalized spacial score (nSPS) is 16.0. The van der Waals surface area contributed by atoms with E-state index in [1.807, 2.05) is 18.2 Å². The fourth-order valence-corrected chi connectivity index (χ4v) is 2.51. The topological polar surface area (TPSA) is 45.0 Å². The maximum absolute atomic E-state index is 13.8. The third-order valence-electron chi connectivity index (χ3n) is 3.58. The molecule has 0 amide bonds. The van der Waals surface area contributed by atoms with Gasteiger partial charge in [-0.25, -0.2) is 4.39 Å². The van der Waals surface area contributed by atoms with Crippen LogP contribution in [0.4, 0.5) is 10.1 Å². The highest BCUT2D eigenvalue weighted by Crippen LogP contribution is 2.29. The molecule has 1 aliphatic rings. The van der Waals surface area contributed by atoms with Crippen molar-refractivity contribution in [3.8, 4) is 11.8 Å². The van der Waals surface area contributed by atoms with Crippen molar-refractivity contribution in [2.45, 2.75) is 19.4 Å². The number of rotatable bonds is 3. The van der Waals surface area contributed by atoms with E-state index in [9.17, 15) is 4.39 Å². The van der Waals surface area contributed by atoms with E-state index >= 15 is 0 Å². The first-order chi connectivity index (χ1) is 10.2. The van der Waals surface area contributed by atoms with E-state index in [0.29, 0.717) is 17.8 Å². The Balaban J connectivity index is 1.64. The summed E-state index contributed by atoms with van der Waals surface area (Å²) in [6, 6.07) is 12.5. The first-order valence-corrected chi connectivity index (χ1v) is 6.85. The monoisotopic (exact) mass is 282 g/mol. The van der Waals surface area contributed by atoms with Gasteiger partial charge in [0.1, 0.15) is 17.7 Å². The summed E-state index contributed by atoms with van der Waals surface area (Å²) in [5.41, 5.74) is 3.12. The highest BCUT2D eigenvalue weighted by molar-refractivity contribution is 5.49. The Morgan fingerprint density at radius 2 is 2.19 bits per heavy atom. The van der Waals surface area contributed by atoms with Crippen LogP contribution < -0.4 is 10.1 Å². The van der Waals surface area contributed by atoms with Crippen molar-refractivity contribution < 1.29 is 9.13 Å². The molecule has 1 N–H and O–H groups in total. The number of aryl methyl sites for hydroxylation is 1. The van der Waals surface area contributed by atoms with E-state index in [1.165, 1.54) is 17.2 Å². The molecule has 1 unspecified atom stereocenters. The molecule has 0 aliphatic carbocycles. The van der Waals surface area contributed by atoms with Gasteiger partial charge < -0.3 is 10.1 Å². The summed E-state index contributed by atoms with van der Waals surface area (Å²) in [5, 5.41) is 11.8. The highest BCUT2D eigenvalue weighted by Gasteiger charge is 2.22. The SMILES string of the molecule is Cc1ccc2c(c1)CC(CNc1ccc(C#N)cc1F)O2. The van der Waals surface area contributed by atoms with Crippen LogP contribution in [0.1, 0.15) is 16.7 Å². The summed E-state index contributed by atoms with van der Waals surface area (Å²) in [6.45, 7) is 2.58. The van der Waals surface area contributed by atoms with Gasteiger partial charge >= 0.3 is 0 Å². The second-order valence-corrected chi connectivity index (χ2v) is 5.24. The Morgan fingerprint density at radius 3 is 2.95 bits per heavy atom. The minimum absolute atomic E-state index is 0.00292. The Morgan fingerprint density at radius 1 is 1.33 bits per heavy atom. The molecule has 0 fully saturated rings. The number of ether oxygens (including phenoxy) is 1. The first-order valence-electron chi connectivity index (χ1n) is 6.85. The number of fused-ring (bicyclic) bond motifs is 1. The summed E-state index contributed by atoms with van der Waals surface area (Å²) >= 11 is 0. The molecule has 0 spiro atoms. The van der Waals surface area contributed by atoms with Crippen molar-refractivity contribution in [2.75, 3.05) is 11.9 Å². The number of nitriles is 1. The van der Waals surface area contributed by atoms with Crippen LogP contribution in [-0.4, -0.2) is 12.6 Å². The molecule has 3 nitrogen and oxygen atoms in total. The molecule has 0 radical (unpaired) electrons. The van der Waals surface area contributed by atoms with Crippen LogP contribution in [0.3, 0.4) is 0 Å². The number of nitrogens with one attached hydrogen (secondary N) is 1. The van der Waals surface area contributed by atoms with Crippen LogP contribution in [0.15, 0.2) is 36.4 Å². The van der Waals surface area contributed by atoms with Gasteiger partial charge in [0.25, 0.3) is 0 Å². The molecular formula is C17H15FN2O. The predicted molar refractivity (Wildman–Crippen MR) is 78.9 cm³/mol. The van der Waals surface area contributed by atoms with Crippen LogP contribution in [-0.2, 0) is 6.42 Å². The molecule has 1 aliphatic heterocycles. The molecule has 2 aromatic carbocycles. The Hall–Kier alpha value is -2.54. The van der Waals surface area contributed by atoms with E-state index in [2.05, 4.69) is 18.3 Å². The predicted octanol–water partition coefficient (Wildman–Crippen LogP) is 3.42. The Labute approximate surface area is 123 Å². The summed E-state index contributed by atoms with van der Waals surface area (Å²) in [4.78, 5) is 0. The number of benzene rings is 2. The number of halogens is 1. The van der Waals surface area contributed by atoms with Crippen LogP contribution in [0.25, 0.3) is 0 Å². The van der Waals surface area contributed by atoms with Crippen LogP contribution in [0.2, 0.25) is 0 Å². The molecule has 0 saturated carbocycles. The van der Waals surface area contributed by atoms with Crippen molar-refractivity contribution in [1.29, 1.82) is 5.26 Å². The zero-order valence-electron chi connectivity index (χ0n) is 11.7. The Kier molecular flexibility index (Phi) is 3.49. The van der Waals surface area contributed by atoms with Crippen molar-refractivity contribution in [3.63, 3.8) is 0 Å². The minimum atomic E-state index is -0.416. The third-order valence-corrected chi connectivity index (χ3v) is 3.58. The lowest BCUT2D eigenvalue weighted by Crippen LogP contribution is -2.24. The quantitative estimate of drug-likeness (QED) is 0.938. The smallest absolute Gasteiger partial charge is 0.147 e. The van der Waals surface area contributed by atoms with Gasteiger partial charge in [-0.2, -0.15) is 5.26 Å². The maximum Gasteiger partial charge on any atom is 0.147 e. The van der Waals surface area contributed by atoms with E-state index in [4.69, 9.17) is 10.00 Å². The van der Waals surface area contributed by atoms with Gasteiger partial charge in [0, 0.05) is 6.42 Å². The molecule has 106 valence electrons. The standard InChI is InChI=1S/C17H15FN2O/c1-11-2-5-17-13(6-11)8-14(21-17)10-20-16-4-3-12(9-19)7-15(16)18/h2-7,14,20H,8,10H2,1H3. The zero-order valence-corrected chi connectivity index (χ0v) is 11.7. The fraction of sp³-hybridized carbons (Fsp3) is 0.235. The van der Waals surface area contributed by atoms with Crippen molar-refractivity contribution in [2.24, 2.45) is 0 Å². The van der Waals surface area contributed by atoms with Crippen molar-refractivity contribution >= 4 is 5.69 Å².